The molecule has 0 unspecified atom stereocenters. The second kappa shape index (κ2) is 6.27. The van der Waals surface area contributed by atoms with Gasteiger partial charge in [0.05, 0.1) is 22.8 Å². The van der Waals surface area contributed by atoms with Crippen molar-refractivity contribution in [3.8, 4) is 0 Å². The summed E-state index contributed by atoms with van der Waals surface area (Å²) in [7, 11) is 1.81. The zero-order chi connectivity index (χ0) is 15.4. The van der Waals surface area contributed by atoms with Crippen LogP contribution in [0, 0.1) is 0 Å². The van der Waals surface area contributed by atoms with Crippen molar-refractivity contribution in [2.75, 3.05) is 5.32 Å². The summed E-state index contributed by atoms with van der Waals surface area (Å²) < 4.78 is 1.78. The summed E-state index contributed by atoms with van der Waals surface area (Å²) >= 11 is 5.92. The molecule has 0 spiro atoms. The van der Waals surface area contributed by atoms with Crippen LogP contribution in [0.3, 0.4) is 0 Å². The second-order valence-electron chi connectivity index (χ2n) is 4.26. The number of halogens is 1. The Morgan fingerprint density at radius 2 is 2.19 bits per heavy atom. The minimum atomic E-state index is -1.09. The Kier molecular flexibility index (Phi) is 4.44. The van der Waals surface area contributed by atoms with Crippen LogP contribution in [0.25, 0.3) is 0 Å². The second-order valence-corrected chi connectivity index (χ2v) is 4.67. The highest BCUT2D eigenvalue weighted by Crippen LogP contribution is 2.23. The van der Waals surface area contributed by atoms with Crippen molar-refractivity contribution in [3.05, 3.63) is 47.0 Å². The smallest absolute Gasteiger partial charge is 0.335 e. The van der Waals surface area contributed by atoms with E-state index in [0.717, 1.165) is 0 Å². The molecule has 0 saturated heterocycles. The first-order valence-corrected chi connectivity index (χ1v) is 6.39. The number of hydrogen-bond acceptors (Lipinski definition) is 3. The van der Waals surface area contributed by atoms with Crippen molar-refractivity contribution in [2.24, 2.45) is 7.05 Å². The van der Waals surface area contributed by atoms with Crippen LogP contribution in [0.2, 0.25) is 5.02 Å². The van der Waals surface area contributed by atoms with E-state index >= 15 is 0 Å². The average molecular weight is 309 g/mol. The molecule has 1 heterocycles. The standard InChI is InChI=1S/C13H13ClN4O3/c1-18-5-4-15-11(18)7-16-13(21)17-10-6-8(12(19)20)2-3-9(10)14/h2-6H,7H2,1H3,(H,19,20)(H2,16,17,21). The number of hydrogen-bond donors (Lipinski definition) is 3. The van der Waals surface area contributed by atoms with Crippen molar-refractivity contribution in [3.63, 3.8) is 0 Å². The van der Waals surface area contributed by atoms with E-state index in [9.17, 15) is 9.59 Å². The lowest BCUT2D eigenvalue weighted by molar-refractivity contribution is 0.0697. The minimum Gasteiger partial charge on any atom is -0.478 e. The summed E-state index contributed by atoms with van der Waals surface area (Å²) in [6.07, 6.45) is 3.39. The maximum Gasteiger partial charge on any atom is 0.335 e. The number of aryl methyl sites for hydroxylation is 1. The summed E-state index contributed by atoms with van der Waals surface area (Å²) in [6.45, 7) is 0.242. The van der Waals surface area contributed by atoms with Crippen LogP contribution < -0.4 is 10.6 Å². The van der Waals surface area contributed by atoms with Gasteiger partial charge in [0.25, 0.3) is 0 Å². The Morgan fingerprint density at radius 1 is 1.43 bits per heavy atom. The Balaban J connectivity index is 2.01. The molecule has 1 aromatic carbocycles. The molecule has 0 fully saturated rings. The first-order valence-electron chi connectivity index (χ1n) is 6.01. The van der Waals surface area contributed by atoms with Crippen LogP contribution in [-0.2, 0) is 13.6 Å². The summed E-state index contributed by atoms with van der Waals surface area (Å²) in [5.41, 5.74) is 0.271. The van der Waals surface area contributed by atoms with Crippen molar-refractivity contribution in [1.29, 1.82) is 0 Å². The molecule has 1 aromatic heterocycles. The number of nitrogens with one attached hydrogen (secondary N) is 2. The maximum atomic E-state index is 11.8. The van der Waals surface area contributed by atoms with Gasteiger partial charge in [0, 0.05) is 19.4 Å². The van der Waals surface area contributed by atoms with Gasteiger partial charge in [-0.1, -0.05) is 11.6 Å². The van der Waals surface area contributed by atoms with Gasteiger partial charge in [-0.3, -0.25) is 0 Å². The van der Waals surface area contributed by atoms with Crippen molar-refractivity contribution < 1.29 is 14.7 Å². The molecule has 2 aromatic rings. The Bertz CT molecular complexity index is 684. The van der Waals surface area contributed by atoms with Gasteiger partial charge in [0.2, 0.25) is 0 Å². The predicted molar refractivity (Wildman–Crippen MR) is 77.5 cm³/mol. The fourth-order valence-corrected chi connectivity index (χ4v) is 1.81. The molecule has 110 valence electrons. The number of carbonyl (C=O) groups is 2. The lowest BCUT2D eigenvalue weighted by Crippen LogP contribution is -2.29. The SMILES string of the molecule is Cn1ccnc1CNC(=O)Nc1cc(C(=O)O)ccc1Cl. The highest BCUT2D eigenvalue weighted by atomic mass is 35.5. The topological polar surface area (TPSA) is 96.3 Å². The first kappa shape index (κ1) is 14.9. The van der Waals surface area contributed by atoms with Crippen LogP contribution in [0.1, 0.15) is 16.2 Å². The number of anilines is 1. The van der Waals surface area contributed by atoms with E-state index in [2.05, 4.69) is 15.6 Å². The van der Waals surface area contributed by atoms with Crippen molar-refractivity contribution in [1.82, 2.24) is 14.9 Å². The van der Waals surface area contributed by atoms with Gasteiger partial charge >= 0.3 is 12.0 Å². The highest BCUT2D eigenvalue weighted by Gasteiger charge is 2.10. The number of urea groups is 1. The monoisotopic (exact) mass is 308 g/mol. The molecule has 0 radical (unpaired) electrons. The predicted octanol–water partition coefficient (Wildman–Crippen LogP) is 2.09. The molecule has 21 heavy (non-hydrogen) atoms. The summed E-state index contributed by atoms with van der Waals surface area (Å²) in [4.78, 5) is 26.7. The molecule has 2 amide bonds. The molecular formula is C13H13ClN4O3. The lowest BCUT2D eigenvalue weighted by atomic mass is 10.2. The number of carbonyl (C=O) groups excluding carboxylic acids is 1. The summed E-state index contributed by atoms with van der Waals surface area (Å²) in [5, 5.41) is 14.3. The minimum absolute atomic E-state index is 0.0406. The molecular weight excluding hydrogens is 296 g/mol. The molecule has 0 saturated carbocycles. The number of aromatic carboxylic acids is 1. The van der Waals surface area contributed by atoms with Gasteiger partial charge in [0.1, 0.15) is 5.82 Å². The molecule has 8 heteroatoms. The molecule has 0 aliphatic rings. The number of carboxylic acid groups (broad SMARTS) is 1. The first-order chi connectivity index (χ1) is 9.97. The van der Waals surface area contributed by atoms with Crippen LogP contribution in [-0.4, -0.2) is 26.7 Å². The van der Waals surface area contributed by atoms with Crippen LogP contribution in [0.15, 0.2) is 30.6 Å². The molecule has 0 atom stereocenters. The van der Waals surface area contributed by atoms with E-state index in [1.807, 2.05) is 7.05 Å². The van der Waals surface area contributed by atoms with Gasteiger partial charge in [-0.25, -0.2) is 14.6 Å². The Hall–Kier alpha value is -2.54. The van der Waals surface area contributed by atoms with E-state index in [0.29, 0.717) is 5.82 Å². The van der Waals surface area contributed by atoms with Crippen LogP contribution in [0.4, 0.5) is 10.5 Å². The van der Waals surface area contributed by atoms with Crippen molar-refractivity contribution in [2.45, 2.75) is 6.54 Å². The molecule has 2 rings (SSSR count). The molecule has 0 aliphatic heterocycles. The zero-order valence-electron chi connectivity index (χ0n) is 11.1. The van der Waals surface area contributed by atoms with E-state index < -0.39 is 12.0 Å². The Morgan fingerprint density at radius 3 is 2.81 bits per heavy atom. The molecule has 7 nitrogen and oxygen atoms in total. The third-order valence-corrected chi connectivity index (χ3v) is 3.12. The number of aromatic nitrogens is 2. The van der Waals surface area contributed by atoms with Gasteiger partial charge in [-0.05, 0) is 18.2 Å². The Labute approximate surface area is 125 Å². The highest BCUT2D eigenvalue weighted by molar-refractivity contribution is 6.33. The quantitative estimate of drug-likeness (QED) is 0.805. The van der Waals surface area contributed by atoms with Crippen LogP contribution >= 0.6 is 11.6 Å². The van der Waals surface area contributed by atoms with Crippen LogP contribution in [0.5, 0.6) is 0 Å². The van der Waals surface area contributed by atoms with E-state index in [1.165, 1.54) is 18.2 Å². The summed E-state index contributed by atoms with van der Waals surface area (Å²) in [6, 6.07) is 3.58. The molecule has 0 aliphatic carbocycles. The van der Waals surface area contributed by atoms with E-state index in [4.69, 9.17) is 16.7 Å². The maximum absolute atomic E-state index is 11.8. The number of amides is 2. The molecule has 0 bridgehead atoms. The van der Waals surface area contributed by atoms with Gasteiger partial charge in [-0.2, -0.15) is 0 Å². The molecule has 3 N–H and O–H groups in total. The number of rotatable bonds is 4. The van der Waals surface area contributed by atoms with E-state index in [-0.39, 0.29) is 22.8 Å². The van der Waals surface area contributed by atoms with Gasteiger partial charge in [-0.15, -0.1) is 0 Å². The third kappa shape index (κ3) is 3.73. The number of benzene rings is 1. The van der Waals surface area contributed by atoms with E-state index in [1.54, 1.807) is 17.0 Å². The fraction of sp³-hybridized carbons (Fsp3) is 0.154. The zero-order valence-corrected chi connectivity index (χ0v) is 11.9. The fourth-order valence-electron chi connectivity index (χ4n) is 1.65. The largest absolute Gasteiger partial charge is 0.478 e. The number of nitrogens with zero attached hydrogens (tertiary/aromatic N) is 2. The lowest BCUT2D eigenvalue weighted by Gasteiger charge is -2.09. The third-order valence-electron chi connectivity index (χ3n) is 2.79. The average Bonchev–Trinajstić information content (AvgIpc) is 2.84. The number of carboxylic acids is 1. The van der Waals surface area contributed by atoms with Crippen molar-refractivity contribution >= 4 is 29.3 Å². The van der Waals surface area contributed by atoms with Gasteiger partial charge < -0.3 is 20.3 Å². The summed E-state index contributed by atoms with van der Waals surface area (Å²) in [5.74, 6) is -0.404. The normalized spacial score (nSPS) is 10.2. The number of imidazole rings is 1. The van der Waals surface area contributed by atoms with Gasteiger partial charge in [0.15, 0.2) is 0 Å².